The monoisotopic (exact) mass is 196 g/mol. The van der Waals surface area contributed by atoms with Crippen LogP contribution in [0.4, 0.5) is 0 Å². The smallest absolute Gasteiger partial charge is 0.0281 e. The van der Waals surface area contributed by atoms with E-state index in [1.807, 2.05) is 0 Å². The van der Waals surface area contributed by atoms with E-state index >= 15 is 0 Å². The Labute approximate surface area is 88.1 Å². The van der Waals surface area contributed by atoms with Gasteiger partial charge in [0.15, 0.2) is 0 Å². The van der Waals surface area contributed by atoms with E-state index in [0.717, 1.165) is 18.5 Å². The Morgan fingerprint density at radius 2 is 2.07 bits per heavy atom. The number of nitrogens with one attached hydrogen (secondary N) is 1. The lowest BCUT2D eigenvalue weighted by atomic mass is 9.93. The highest BCUT2D eigenvalue weighted by Crippen LogP contribution is 2.33. The molecule has 0 radical (unpaired) electrons. The van der Waals surface area contributed by atoms with Crippen molar-refractivity contribution in [1.29, 1.82) is 0 Å². The second kappa shape index (κ2) is 3.82. The average Bonchev–Trinajstić information content (AvgIpc) is 2.51. The van der Waals surface area contributed by atoms with Gasteiger partial charge in [0.05, 0.1) is 0 Å². The molecule has 0 bridgehead atoms. The van der Waals surface area contributed by atoms with E-state index in [-0.39, 0.29) is 0 Å². The van der Waals surface area contributed by atoms with Crippen molar-refractivity contribution in [2.75, 3.05) is 19.6 Å². The first-order valence-corrected chi connectivity index (χ1v) is 6.09. The number of hydrogen-bond acceptors (Lipinski definition) is 2. The van der Waals surface area contributed by atoms with Crippen LogP contribution in [-0.4, -0.2) is 36.1 Å². The van der Waals surface area contributed by atoms with Gasteiger partial charge in [0, 0.05) is 31.2 Å². The fraction of sp³-hybridized carbons (Fsp3) is 1.00. The normalized spacial score (nSPS) is 38.8. The van der Waals surface area contributed by atoms with Crippen molar-refractivity contribution < 1.29 is 0 Å². The molecule has 2 heteroatoms. The van der Waals surface area contributed by atoms with Crippen LogP contribution in [0.5, 0.6) is 0 Å². The molecule has 1 aliphatic carbocycles. The molecule has 2 nitrogen and oxygen atoms in total. The molecule has 1 aliphatic heterocycles. The van der Waals surface area contributed by atoms with Crippen molar-refractivity contribution in [2.24, 2.45) is 5.92 Å². The van der Waals surface area contributed by atoms with Crippen LogP contribution in [0.3, 0.4) is 0 Å². The van der Waals surface area contributed by atoms with Crippen LogP contribution < -0.4 is 5.32 Å². The van der Waals surface area contributed by atoms with Crippen LogP contribution >= 0.6 is 0 Å². The molecule has 14 heavy (non-hydrogen) atoms. The van der Waals surface area contributed by atoms with Crippen LogP contribution in [0, 0.1) is 5.92 Å². The van der Waals surface area contributed by atoms with Gasteiger partial charge in [-0.05, 0) is 32.6 Å². The van der Waals surface area contributed by atoms with Gasteiger partial charge in [0.25, 0.3) is 0 Å². The van der Waals surface area contributed by atoms with Gasteiger partial charge in [-0.3, -0.25) is 4.90 Å². The minimum Gasteiger partial charge on any atom is -0.314 e. The lowest BCUT2D eigenvalue weighted by Crippen LogP contribution is -2.61. The molecule has 82 valence electrons. The summed E-state index contributed by atoms with van der Waals surface area (Å²) in [5.74, 6) is 0.910. The summed E-state index contributed by atoms with van der Waals surface area (Å²) in [7, 11) is 0. The van der Waals surface area contributed by atoms with E-state index in [0.29, 0.717) is 5.54 Å². The van der Waals surface area contributed by atoms with Gasteiger partial charge in [-0.25, -0.2) is 0 Å². The van der Waals surface area contributed by atoms with E-state index in [9.17, 15) is 0 Å². The minimum absolute atomic E-state index is 0.363. The Bertz CT molecular complexity index is 200. The Kier molecular flexibility index (Phi) is 2.85. The molecule has 2 aliphatic rings. The SMILES string of the molecule is CC1CCCC1N1CCNCC1(C)C. The van der Waals surface area contributed by atoms with Crippen molar-refractivity contribution in [3.63, 3.8) is 0 Å². The molecular weight excluding hydrogens is 172 g/mol. The number of piperazine rings is 1. The summed E-state index contributed by atoms with van der Waals surface area (Å²) >= 11 is 0. The standard InChI is InChI=1S/C12H24N2/c1-10-5-4-6-11(10)14-8-7-13-9-12(14,2)3/h10-11,13H,4-9H2,1-3H3. The highest BCUT2D eigenvalue weighted by atomic mass is 15.3. The predicted octanol–water partition coefficient (Wildman–Crippen LogP) is 1.86. The molecule has 1 saturated heterocycles. The molecule has 0 aromatic carbocycles. The lowest BCUT2D eigenvalue weighted by molar-refractivity contribution is 0.0314. The van der Waals surface area contributed by atoms with Crippen LogP contribution in [0.25, 0.3) is 0 Å². The van der Waals surface area contributed by atoms with Crippen molar-refractivity contribution in [3.05, 3.63) is 0 Å². The van der Waals surface area contributed by atoms with E-state index < -0.39 is 0 Å². The molecule has 1 N–H and O–H groups in total. The number of nitrogens with zero attached hydrogens (tertiary/aromatic N) is 1. The highest BCUT2D eigenvalue weighted by molar-refractivity contribution is 4.95. The minimum atomic E-state index is 0.363. The van der Waals surface area contributed by atoms with E-state index in [1.54, 1.807) is 0 Å². The third-order valence-electron chi connectivity index (χ3n) is 4.08. The number of rotatable bonds is 1. The molecule has 2 unspecified atom stereocenters. The summed E-state index contributed by atoms with van der Waals surface area (Å²) in [6.45, 7) is 10.7. The molecule has 2 atom stereocenters. The van der Waals surface area contributed by atoms with Gasteiger partial charge in [-0.2, -0.15) is 0 Å². The van der Waals surface area contributed by atoms with Crippen molar-refractivity contribution in [3.8, 4) is 0 Å². The fourth-order valence-corrected chi connectivity index (χ4v) is 3.20. The summed E-state index contributed by atoms with van der Waals surface area (Å²) in [4.78, 5) is 2.75. The lowest BCUT2D eigenvalue weighted by Gasteiger charge is -2.47. The van der Waals surface area contributed by atoms with Crippen molar-refractivity contribution >= 4 is 0 Å². The average molecular weight is 196 g/mol. The van der Waals surface area contributed by atoms with E-state index in [1.165, 1.54) is 32.4 Å². The zero-order valence-corrected chi connectivity index (χ0v) is 9.84. The molecule has 2 rings (SSSR count). The quantitative estimate of drug-likeness (QED) is 0.688. The van der Waals surface area contributed by atoms with Gasteiger partial charge in [0.2, 0.25) is 0 Å². The Hall–Kier alpha value is -0.0800. The first-order valence-electron chi connectivity index (χ1n) is 6.09. The topological polar surface area (TPSA) is 15.3 Å². The second-order valence-corrected chi connectivity index (χ2v) is 5.66. The summed E-state index contributed by atoms with van der Waals surface area (Å²) in [6, 6.07) is 0.854. The fourth-order valence-electron chi connectivity index (χ4n) is 3.20. The molecule has 2 fully saturated rings. The van der Waals surface area contributed by atoms with Gasteiger partial charge in [-0.1, -0.05) is 13.3 Å². The molecule has 0 aromatic rings. The zero-order valence-electron chi connectivity index (χ0n) is 9.84. The highest BCUT2D eigenvalue weighted by Gasteiger charge is 2.38. The molecule has 1 heterocycles. The van der Waals surface area contributed by atoms with Crippen LogP contribution in [-0.2, 0) is 0 Å². The third-order valence-corrected chi connectivity index (χ3v) is 4.08. The molecule has 0 amide bonds. The Morgan fingerprint density at radius 1 is 1.29 bits per heavy atom. The van der Waals surface area contributed by atoms with Gasteiger partial charge < -0.3 is 5.32 Å². The van der Waals surface area contributed by atoms with Gasteiger partial charge in [0.1, 0.15) is 0 Å². The van der Waals surface area contributed by atoms with Crippen LogP contribution in [0.15, 0.2) is 0 Å². The van der Waals surface area contributed by atoms with Crippen LogP contribution in [0.2, 0.25) is 0 Å². The van der Waals surface area contributed by atoms with Gasteiger partial charge >= 0.3 is 0 Å². The second-order valence-electron chi connectivity index (χ2n) is 5.66. The van der Waals surface area contributed by atoms with E-state index in [4.69, 9.17) is 0 Å². The number of hydrogen-bond donors (Lipinski definition) is 1. The summed E-state index contributed by atoms with van der Waals surface area (Å²) in [5.41, 5.74) is 0.363. The Balaban J connectivity index is 2.07. The first kappa shape index (κ1) is 10.4. The van der Waals surface area contributed by atoms with Gasteiger partial charge in [-0.15, -0.1) is 0 Å². The maximum Gasteiger partial charge on any atom is 0.0281 e. The van der Waals surface area contributed by atoms with Crippen LogP contribution in [0.1, 0.15) is 40.0 Å². The maximum absolute atomic E-state index is 3.50. The van der Waals surface area contributed by atoms with Crippen molar-refractivity contribution in [2.45, 2.75) is 51.6 Å². The summed E-state index contributed by atoms with van der Waals surface area (Å²) in [5, 5.41) is 3.50. The Morgan fingerprint density at radius 3 is 2.64 bits per heavy atom. The molecule has 0 aromatic heterocycles. The summed E-state index contributed by atoms with van der Waals surface area (Å²) < 4.78 is 0. The maximum atomic E-state index is 3.50. The predicted molar refractivity (Wildman–Crippen MR) is 60.5 cm³/mol. The van der Waals surface area contributed by atoms with Crippen molar-refractivity contribution in [1.82, 2.24) is 10.2 Å². The largest absolute Gasteiger partial charge is 0.314 e. The third kappa shape index (κ3) is 1.82. The van der Waals surface area contributed by atoms with E-state index in [2.05, 4.69) is 31.0 Å². The molecular formula is C12H24N2. The molecule has 1 saturated carbocycles. The zero-order chi connectivity index (χ0) is 10.2. The molecule has 0 spiro atoms. The first-order chi connectivity index (χ1) is 6.61. The summed E-state index contributed by atoms with van der Waals surface area (Å²) in [6.07, 6.45) is 4.29.